The molecule has 1 saturated carbocycles. The van der Waals surface area contributed by atoms with Crippen LogP contribution in [-0.4, -0.2) is 33.5 Å². The molecule has 0 bridgehead atoms. The number of nitrogens with two attached hydrogens (primary N) is 1. The van der Waals surface area contributed by atoms with Crippen molar-refractivity contribution in [1.29, 1.82) is 0 Å². The van der Waals surface area contributed by atoms with E-state index in [1.165, 1.54) is 0 Å². The Morgan fingerprint density at radius 3 is 2.74 bits per heavy atom. The molecule has 1 fully saturated rings. The summed E-state index contributed by atoms with van der Waals surface area (Å²) >= 11 is 0. The van der Waals surface area contributed by atoms with Gasteiger partial charge in [-0.1, -0.05) is 0 Å². The second-order valence-corrected chi connectivity index (χ2v) is 6.97. The molecule has 0 atom stereocenters. The Hall–Kier alpha value is -1.50. The number of imidazole rings is 1. The van der Waals surface area contributed by atoms with Crippen LogP contribution in [0.1, 0.15) is 50.0 Å². The number of alkyl halides is 2. The fourth-order valence-corrected chi connectivity index (χ4v) is 3.35. The molecule has 7 heteroatoms. The van der Waals surface area contributed by atoms with Gasteiger partial charge in [-0.25, -0.2) is 13.8 Å². The van der Waals surface area contributed by atoms with Crippen LogP contribution in [0.5, 0.6) is 0 Å². The largest absolute Gasteiger partial charge is 0.354 e. The van der Waals surface area contributed by atoms with Gasteiger partial charge < -0.3 is 15.6 Å². The Morgan fingerprint density at radius 2 is 2.04 bits per heavy atom. The zero-order valence-electron chi connectivity index (χ0n) is 13.3. The van der Waals surface area contributed by atoms with Crippen molar-refractivity contribution in [3.05, 3.63) is 17.7 Å². The summed E-state index contributed by atoms with van der Waals surface area (Å²) < 4.78 is 28.5. The lowest BCUT2D eigenvalue weighted by Gasteiger charge is -2.37. The highest BCUT2D eigenvalue weighted by Crippen LogP contribution is 2.36. The number of aromatic nitrogens is 2. The summed E-state index contributed by atoms with van der Waals surface area (Å²) in [5, 5.41) is 2.79. The van der Waals surface area contributed by atoms with Crippen LogP contribution in [0.15, 0.2) is 6.20 Å². The van der Waals surface area contributed by atoms with E-state index in [0.29, 0.717) is 0 Å². The van der Waals surface area contributed by atoms with Gasteiger partial charge in [0.1, 0.15) is 5.82 Å². The van der Waals surface area contributed by atoms with Gasteiger partial charge in [0, 0.05) is 44.1 Å². The lowest BCUT2D eigenvalue weighted by Crippen LogP contribution is -2.54. The minimum absolute atomic E-state index is 0.150. The van der Waals surface area contributed by atoms with Crippen molar-refractivity contribution in [3.8, 4) is 0 Å². The normalized spacial score (nSPS) is 22.4. The first-order valence-electron chi connectivity index (χ1n) is 8.34. The molecular formula is C16H24F2N4O. The average Bonchev–Trinajstić information content (AvgIpc) is 2.91. The average molecular weight is 326 g/mol. The highest BCUT2D eigenvalue weighted by Gasteiger charge is 2.41. The molecule has 5 nitrogen and oxygen atoms in total. The third kappa shape index (κ3) is 4.07. The molecule has 0 unspecified atom stereocenters. The number of amides is 1. The number of carbonyl (C=O) groups is 1. The van der Waals surface area contributed by atoms with Crippen molar-refractivity contribution in [2.45, 2.75) is 69.4 Å². The maximum Gasteiger partial charge on any atom is 0.248 e. The maximum atomic E-state index is 13.2. The molecule has 23 heavy (non-hydrogen) atoms. The number of halogens is 2. The first kappa shape index (κ1) is 16.4. The van der Waals surface area contributed by atoms with Gasteiger partial charge >= 0.3 is 0 Å². The number of aryl methyl sites for hydroxylation is 2. The molecule has 3 N–H and O–H groups in total. The van der Waals surface area contributed by atoms with Crippen LogP contribution in [0, 0.1) is 0 Å². The van der Waals surface area contributed by atoms with Gasteiger partial charge in [-0.05, 0) is 25.7 Å². The van der Waals surface area contributed by atoms with E-state index in [9.17, 15) is 13.6 Å². The lowest BCUT2D eigenvalue weighted by atomic mass is 9.80. The minimum Gasteiger partial charge on any atom is -0.354 e. The summed E-state index contributed by atoms with van der Waals surface area (Å²) in [4.78, 5) is 16.6. The molecule has 128 valence electrons. The monoisotopic (exact) mass is 326 g/mol. The topological polar surface area (TPSA) is 72.9 Å². The van der Waals surface area contributed by atoms with Crippen LogP contribution < -0.4 is 11.1 Å². The summed E-state index contributed by atoms with van der Waals surface area (Å²) in [6, 6.07) is 0. The third-order valence-electron chi connectivity index (χ3n) is 4.92. The molecule has 0 spiro atoms. The van der Waals surface area contributed by atoms with Crippen LogP contribution in [-0.2, 0) is 24.2 Å². The van der Waals surface area contributed by atoms with Crippen LogP contribution in [0.25, 0.3) is 0 Å². The number of fused-ring (bicyclic) bond motifs is 1. The summed E-state index contributed by atoms with van der Waals surface area (Å²) in [6.07, 6.45) is 5.47. The smallest absolute Gasteiger partial charge is 0.248 e. The van der Waals surface area contributed by atoms with E-state index in [2.05, 4.69) is 14.9 Å². The molecule has 2 aliphatic rings. The fraction of sp³-hybridized carbons (Fsp3) is 0.750. The van der Waals surface area contributed by atoms with E-state index in [4.69, 9.17) is 5.73 Å². The SMILES string of the molecule is NC1(CNC(=O)Cc2cn3c(n2)CCCC3)CCC(F)(F)CC1. The zero-order chi connectivity index (χ0) is 16.5. The van der Waals surface area contributed by atoms with Crippen LogP contribution in [0.3, 0.4) is 0 Å². The zero-order valence-corrected chi connectivity index (χ0v) is 13.3. The molecule has 2 heterocycles. The molecule has 1 aliphatic heterocycles. The standard InChI is InChI=1S/C16H24F2N4O/c17-16(18)6-4-15(19,5-7-16)11-20-14(23)9-12-10-22-8-2-1-3-13(22)21-12/h10H,1-9,11,19H2,(H,20,23). The van der Waals surface area contributed by atoms with Crippen molar-refractivity contribution in [2.75, 3.05) is 6.54 Å². The molecule has 1 aromatic heterocycles. The molecule has 0 aromatic carbocycles. The van der Waals surface area contributed by atoms with Crippen LogP contribution in [0.4, 0.5) is 8.78 Å². The van der Waals surface area contributed by atoms with Gasteiger partial charge in [-0.15, -0.1) is 0 Å². The van der Waals surface area contributed by atoms with Gasteiger partial charge in [-0.3, -0.25) is 4.79 Å². The molecule has 1 aliphatic carbocycles. The molecule has 0 radical (unpaired) electrons. The molecule has 1 aromatic rings. The van der Waals surface area contributed by atoms with Crippen molar-refractivity contribution >= 4 is 5.91 Å². The van der Waals surface area contributed by atoms with E-state index < -0.39 is 11.5 Å². The Kier molecular flexibility index (Phi) is 4.40. The number of rotatable bonds is 4. The number of nitrogens with one attached hydrogen (secondary N) is 1. The van der Waals surface area contributed by atoms with Crippen molar-refractivity contribution < 1.29 is 13.6 Å². The predicted octanol–water partition coefficient (Wildman–Crippen LogP) is 1.78. The highest BCUT2D eigenvalue weighted by molar-refractivity contribution is 5.78. The Balaban J connectivity index is 1.49. The van der Waals surface area contributed by atoms with Gasteiger partial charge in [-0.2, -0.15) is 0 Å². The quantitative estimate of drug-likeness (QED) is 0.886. The highest BCUT2D eigenvalue weighted by atomic mass is 19.3. The van der Waals surface area contributed by atoms with Gasteiger partial charge in [0.25, 0.3) is 0 Å². The van der Waals surface area contributed by atoms with Crippen molar-refractivity contribution in [2.24, 2.45) is 5.73 Å². The number of carbonyl (C=O) groups excluding carboxylic acids is 1. The van der Waals surface area contributed by atoms with Gasteiger partial charge in [0.15, 0.2) is 0 Å². The first-order valence-corrected chi connectivity index (χ1v) is 8.34. The van der Waals surface area contributed by atoms with Crippen molar-refractivity contribution in [1.82, 2.24) is 14.9 Å². The molecule has 3 rings (SSSR count). The number of hydrogen-bond acceptors (Lipinski definition) is 3. The lowest BCUT2D eigenvalue weighted by molar-refractivity contribution is -0.121. The summed E-state index contributed by atoms with van der Waals surface area (Å²) in [7, 11) is 0. The summed E-state index contributed by atoms with van der Waals surface area (Å²) in [6.45, 7) is 1.21. The molecular weight excluding hydrogens is 302 g/mol. The van der Waals surface area contributed by atoms with E-state index in [-0.39, 0.29) is 44.6 Å². The van der Waals surface area contributed by atoms with Crippen molar-refractivity contribution in [3.63, 3.8) is 0 Å². The van der Waals surface area contributed by atoms with Crippen LogP contribution >= 0.6 is 0 Å². The van der Waals surface area contributed by atoms with Crippen LogP contribution in [0.2, 0.25) is 0 Å². The molecule has 0 saturated heterocycles. The number of hydrogen-bond donors (Lipinski definition) is 2. The fourth-order valence-electron chi connectivity index (χ4n) is 3.35. The first-order chi connectivity index (χ1) is 10.9. The van der Waals surface area contributed by atoms with E-state index in [1.807, 2.05) is 6.20 Å². The Bertz CT molecular complexity index is 551. The summed E-state index contributed by atoms with van der Waals surface area (Å²) in [5.74, 6) is -1.71. The second kappa shape index (κ2) is 6.19. The number of nitrogens with zero attached hydrogens (tertiary/aromatic N) is 2. The minimum atomic E-state index is -2.61. The Labute approximate surface area is 134 Å². The Morgan fingerprint density at radius 1 is 1.30 bits per heavy atom. The van der Waals surface area contributed by atoms with Gasteiger partial charge in [0.05, 0.1) is 12.1 Å². The van der Waals surface area contributed by atoms with E-state index in [1.54, 1.807) is 0 Å². The van der Waals surface area contributed by atoms with E-state index >= 15 is 0 Å². The molecule has 1 amide bonds. The predicted molar refractivity (Wildman–Crippen MR) is 82.2 cm³/mol. The third-order valence-corrected chi connectivity index (χ3v) is 4.92. The van der Waals surface area contributed by atoms with E-state index in [0.717, 1.165) is 37.3 Å². The maximum absolute atomic E-state index is 13.2. The van der Waals surface area contributed by atoms with Gasteiger partial charge in [0.2, 0.25) is 11.8 Å². The second-order valence-electron chi connectivity index (χ2n) is 6.97. The summed E-state index contributed by atoms with van der Waals surface area (Å²) in [5.41, 5.74) is 6.18.